The third kappa shape index (κ3) is 18.5. The fraction of sp³-hybridized carbons (Fsp3) is 0.400. The van der Waals surface area contributed by atoms with Crippen molar-refractivity contribution in [3.8, 4) is 0 Å². The molecule has 0 saturated carbocycles. The van der Waals surface area contributed by atoms with Crippen LogP contribution in [0.2, 0.25) is 0 Å². The van der Waals surface area contributed by atoms with Gasteiger partial charge in [0.1, 0.15) is 17.3 Å². The number of hydrogen-bond acceptors (Lipinski definition) is 18. The average Bonchev–Trinajstić information content (AvgIpc) is 1.76. The molecule has 3 atom stereocenters. The van der Waals surface area contributed by atoms with Crippen molar-refractivity contribution in [1.29, 1.82) is 0 Å². The van der Waals surface area contributed by atoms with Gasteiger partial charge in [0.05, 0.1) is 64.9 Å². The number of rotatable bonds is 26. The molecular formula is C75H86BrClN12O6S3. The number of ketones is 3. The number of Topliss-reactive ketones (excluding diaryl/α,β-unsaturated/α-hetero) is 3. The monoisotopic (exact) mass is 1460 g/mol. The summed E-state index contributed by atoms with van der Waals surface area (Å²) < 4.78 is 16.3. The molecule has 98 heavy (non-hydrogen) atoms. The topological polar surface area (TPSA) is 234 Å². The molecule has 0 spiro atoms. The lowest BCUT2D eigenvalue weighted by atomic mass is 9.89. The molecule has 514 valence electrons. The van der Waals surface area contributed by atoms with Crippen LogP contribution in [0.1, 0.15) is 177 Å². The number of aromatic amines is 3. The Bertz CT molecular complexity index is 4290. The zero-order valence-electron chi connectivity index (χ0n) is 55.9. The average molecular weight is 1460 g/mol. The SMILES string of the molecule is CCCCC(CC(=O)c1cnc(Br)s1)Cc1c[nH]c2ccccc12.CCCCC(CC(=O)c1cnc(N2CCc3oncc3C2)s1)Cc1c[nH]c2ccccc12.CCCCC(CC(=O)c1cnc(N2CCc3oncc3C2)s1)Cc1c[nH]c2ccccc12.Cl.c1noc2c1CNCC2. The summed E-state index contributed by atoms with van der Waals surface area (Å²) in [7, 11) is 0. The number of aromatic nitrogens is 9. The third-order valence-corrected chi connectivity index (χ3v) is 22.4. The van der Waals surface area contributed by atoms with Crippen molar-refractivity contribution >= 4 is 123 Å². The van der Waals surface area contributed by atoms with E-state index in [9.17, 15) is 14.4 Å². The Morgan fingerprint density at radius 1 is 0.500 bits per heavy atom. The van der Waals surface area contributed by atoms with E-state index in [2.05, 4.69) is 170 Å². The van der Waals surface area contributed by atoms with Gasteiger partial charge in [-0.1, -0.05) is 152 Å². The molecule has 0 bridgehead atoms. The van der Waals surface area contributed by atoms with Crippen LogP contribution < -0.4 is 15.1 Å². The molecule has 0 aliphatic carbocycles. The number of hydrogen-bond donors (Lipinski definition) is 4. The second kappa shape index (κ2) is 35.3. The van der Waals surface area contributed by atoms with Gasteiger partial charge in [-0.25, -0.2) is 15.0 Å². The number of thiazole rings is 3. The molecule has 0 fully saturated rings. The normalized spacial score (nSPS) is 14.2. The van der Waals surface area contributed by atoms with Crippen LogP contribution in [0, 0.1) is 17.8 Å². The molecule has 3 aliphatic rings. The minimum Gasteiger partial charge on any atom is -0.361 e. The number of nitrogens with zero attached hydrogens (tertiary/aromatic N) is 8. The molecule has 0 radical (unpaired) electrons. The Balaban J connectivity index is 0.000000140. The molecule has 18 nitrogen and oxygen atoms in total. The van der Waals surface area contributed by atoms with Gasteiger partial charge in [-0.2, -0.15) is 0 Å². The van der Waals surface area contributed by atoms with Gasteiger partial charge < -0.3 is 43.6 Å². The van der Waals surface area contributed by atoms with Crippen molar-refractivity contribution in [3.05, 3.63) is 198 Å². The molecule has 12 heterocycles. The van der Waals surface area contributed by atoms with Crippen LogP contribution in [0.5, 0.6) is 0 Å². The number of benzene rings is 3. The molecule has 3 aliphatic heterocycles. The van der Waals surface area contributed by atoms with E-state index in [1.807, 2.05) is 18.2 Å². The zero-order chi connectivity index (χ0) is 66.9. The number of H-pyrrole nitrogens is 3. The molecule has 12 aromatic rings. The Morgan fingerprint density at radius 2 is 0.878 bits per heavy atom. The van der Waals surface area contributed by atoms with Crippen LogP contribution >= 0.6 is 62.3 Å². The Morgan fingerprint density at radius 3 is 1.27 bits per heavy atom. The van der Waals surface area contributed by atoms with Crippen molar-refractivity contribution in [2.24, 2.45) is 17.8 Å². The fourth-order valence-electron chi connectivity index (χ4n) is 13.4. The summed E-state index contributed by atoms with van der Waals surface area (Å²) in [5, 5.41) is 20.3. The largest absolute Gasteiger partial charge is 0.361 e. The standard InChI is InChI=1S/2C25H28N4O2S.C19H21BrN2OS.C6H8N2O.ClH/c2*1-2-3-6-17(11-18-13-26-21-8-5-4-7-20(18)21)12-22(30)24-15-27-25(32-24)29-10-9-23-19(16-29)14-28-31-23;1-2-3-6-13(10-17(23)18-12-22-19(20)24-18)9-14-11-21-16-8-5-4-7-15(14)16;1-2-7-3-5-4-8-9-6(1)5;/h2*4-5,7-8,13-15,17,26H,2-3,6,9-12,16H2,1H3;4-5,7-8,11-13,21H,2-3,6,9-10H2,1H3;4,7H,1-3H2;1H. The molecule has 3 unspecified atom stereocenters. The Kier molecular flexibility index (Phi) is 25.7. The van der Waals surface area contributed by atoms with E-state index in [1.54, 1.807) is 37.2 Å². The minimum absolute atomic E-state index is 0. The maximum Gasteiger partial charge on any atom is 0.186 e. The van der Waals surface area contributed by atoms with Gasteiger partial charge in [-0.15, -0.1) is 23.7 Å². The number of anilines is 2. The van der Waals surface area contributed by atoms with Crippen molar-refractivity contribution in [1.82, 2.24) is 50.7 Å². The molecule has 0 amide bonds. The summed E-state index contributed by atoms with van der Waals surface area (Å²) in [6.45, 7) is 11.7. The molecule has 4 N–H and O–H groups in total. The summed E-state index contributed by atoms with van der Waals surface area (Å²) >= 11 is 7.78. The van der Waals surface area contributed by atoms with Gasteiger partial charge in [0, 0.05) is 133 Å². The highest BCUT2D eigenvalue weighted by molar-refractivity contribution is 9.11. The van der Waals surface area contributed by atoms with E-state index in [-0.39, 0.29) is 29.8 Å². The van der Waals surface area contributed by atoms with E-state index in [1.165, 1.54) is 77.9 Å². The minimum atomic E-state index is 0. The molecule has 0 saturated heterocycles. The molecule has 15 rings (SSSR count). The molecule has 9 aromatic heterocycles. The van der Waals surface area contributed by atoms with Gasteiger partial charge in [0.25, 0.3) is 0 Å². The second-order valence-electron chi connectivity index (χ2n) is 25.7. The number of fused-ring (bicyclic) bond motifs is 6. The zero-order valence-corrected chi connectivity index (χ0v) is 60.7. The highest BCUT2D eigenvalue weighted by Gasteiger charge is 2.28. The number of carbonyl (C=O) groups excluding carboxylic acids is 3. The van der Waals surface area contributed by atoms with Crippen molar-refractivity contribution in [2.45, 2.75) is 156 Å². The lowest BCUT2D eigenvalue weighted by molar-refractivity contribution is 0.0953. The van der Waals surface area contributed by atoms with Gasteiger partial charge in [-0.3, -0.25) is 14.4 Å². The van der Waals surface area contributed by atoms with Crippen LogP contribution in [-0.4, -0.2) is 82.4 Å². The first-order valence-electron chi connectivity index (χ1n) is 34.3. The maximum atomic E-state index is 13.2. The first-order chi connectivity index (χ1) is 47.6. The number of nitrogens with one attached hydrogen (secondary N) is 4. The van der Waals surface area contributed by atoms with E-state index in [0.29, 0.717) is 37.0 Å². The number of para-hydroxylation sites is 3. The van der Waals surface area contributed by atoms with E-state index < -0.39 is 0 Å². The Hall–Kier alpha value is -7.86. The lowest BCUT2D eigenvalue weighted by Crippen LogP contribution is -2.29. The highest BCUT2D eigenvalue weighted by atomic mass is 79.9. The second-order valence-corrected chi connectivity index (χ2v) is 30.0. The van der Waals surface area contributed by atoms with E-state index in [0.717, 1.165) is 204 Å². The number of unbranched alkanes of at least 4 members (excludes halogenated alkanes) is 3. The molecule has 3 aromatic carbocycles. The smallest absolute Gasteiger partial charge is 0.186 e. The van der Waals surface area contributed by atoms with Gasteiger partial charge in [0.2, 0.25) is 0 Å². The van der Waals surface area contributed by atoms with Crippen molar-refractivity contribution in [3.63, 3.8) is 0 Å². The maximum absolute atomic E-state index is 13.2. The van der Waals surface area contributed by atoms with Crippen molar-refractivity contribution in [2.75, 3.05) is 29.4 Å². The first-order valence-corrected chi connectivity index (χ1v) is 37.6. The number of halogens is 2. The predicted molar refractivity (Wildman–Crippen MR) is 398 cm³/mol. The summed E-state index contributed by atoms with van der Waals surface area (Å²) in [6, 6.07) is 25.2. The van der Waals surface area contributed by atoms with Crippen LogP contribution in [0.3, 0.4) is 0 Å². The summed E-state index contributed by atoms with van der Waals surface area (Å²) in [5.41, 5.74) is 10.8. The Labute approximate surface area is 598 Å². The first kappa shape index (κ1) is 71.4. The van der Waals surface area contributed by atoms with Crippen LogP contribution in [0.25, 0.3) is 32.7 Å². The van der Waals surface area contributed by atoms with Gasteiger partial charge in [0.15, 0.2) is 31.5 Å². The molecule has 23 heteroatoms. The van der Waals surface area contributed by atoms with Crippen LogP contribution in [0.15, 0.2) is 146 Å². The number of carbonyl (C=O) groups is 3. The summed E-state index contributed by atoms with van der Waals surface area (Å²) in [5.74, 6) is 4.64. The summed E-state index contributed by atoms with van der Waals surface area (Å²) in [6.07, 6.45) is 34.1. The lowest BCUT2D eigenvalue weighted by Gasteiger charge is -2.24. The summed E-state index contributed by atoms with van der Waals surface area (Å²) in [4.78, 5) is 69.0. The third-order valence-electron chi connectivity index (χ3n) is 18.7. The van der Waals surface area contributed by atoms with Gasteiger partial charge in [-0.05, 0) is 107 Å². The van der Waals surface area contributed by atoms with Gasteiger partial charge >= 0.3 is 0 Å². The van der Waals surface area contributed by atoms with E-state index >= 15 is 0 Å². The van der Waals surface area contributed by atoms with E-state index in [4.69, 9.17) is 13.6 Å². The fourth-order valence-corrected chi connectivity index (χ4v) is 16.4. The molecular weight excluding hydrogens is 1380 g/mol. The van der Waals surface area contributed by atoms with Crippen LogP contribution in [-0.2, 0) is 58.2 Å². The van der Waals surface area contributed by atoms with Crippen molar-refractivity contribution < 1.29 is 28.0 Å². The quantitative estimate of drug-likeness (QED) is 0.0369. The van der Waals surface area contributed by atoms with Crippen LogP contribution in [0.4, 0.5) is 10.3 Å². The predicted octanol–water partition coefficient (Wildman–Crippen LogP) is 18.3. The highest BCUT2D eigenvalue weighted by Crippen LogP contribution is 2.35.